The predicted molar refractivity (Wildman–Crippen MR) is 91.5 cm³/mol. The van der Waals surface area contributed by atoms with Gasteiger partial charge in [0, 0.05) is 5.56 Å². The Bertz CT molecular complexity index is 1010. The van der Waals surface area contributed by atoms with Crippen LogP contribution < -0.4 is 5.43 Å². The number of fused-ring (bicyclic) bond motifs is 2. The maximum Gasteiger partial charge on any atom is 0.196 e. The van der Waals surface area contributed by atoms with Crippen LogP contribution in [-0.4, -0.2) is 5.11 Å². The number of benzene rings is 2. The molecule has 0 radical (unpaired) electrons. The van der Waals surface area contributed by atoms with Crippen LogP contribution in [0.3, 0.4) is 0 Å². The summed E-state index contributed by atoms with van der Waals surface area (Å²) in [5.41, 5.74) is 4.59. The van der Waals surface area contributed by atoms with Gasteiger partial charge in [0.2, 0.25) is 0 Å². The maximum absolute atomic E-state index is 12.6. The number of rotatable bonds is 1. The van der Waals surface area contributed by atoms with E-state index in [1.165, 1.54) is 17.7 Å². The van der Waals surface area contributed by atoms with E-state index in [2.05, 4.69) is 25.1 Å². The van der Waals surface area contributed by atoms with Gasteiger partial charge in [0.15, 0.2) is 5.43 Å². The highest BCUT2D eigenvalue weighted by molar-refractivity contribution is 5.87. The summed E-state index contributed by atoms with van der Waals surface area (Å²) in [7, 11) is 0. The smallest absolute Gasteiger partial charge is 0.196 e. The highest BCUT2D eigenvalue weighted by atomic mass is 16.3. The van der Waals surface area contributed by atoms with Crippen molar-refractivity contribution in [3.8, 4) is 5.75 Å². The second-order valence-corrected chi connectivity index (χ2v) is 5.95. The van der Waals surface area contributed by atoms with Crippen LogP contribution in [0, 0.1) is 6.92 Å². The van der Waals surface area contributed by atoms with E-state index in [-0.39, 0.29) is 11.2 Å². The molecule has 1 heterocycles. The number of hydrogen-bond donors (Lipinski definition) is 1. The first kappa shape index (κ1) is 13.8. The third kappa shape index (κ3) is 2.25. The summed E-state index contributed by atoms with van der Waals surface area (Å²) < 4.78 is 5.99. The van der Waals surface area contributed by atoms with E-state index in [9.17, 15) is 9.90 Å². The van der Waals surface area contributed by atoms with Gasteiger partial charge in [0.25, 0.3) is 0 Å². The molecule has 0 fully saturated rings. The Morgan fingerprint density at radius 1 is 1.13 bits per heavy atom. The van der Waals surface area contributed by atoms with Crippen molar-refractivity contribution in [1.82, 2.24) is 0 Å². The molecule has 0 unspecified atom stereocenters. The van der Waals surface area contributed by atoms with E-state index in [4.69, 9.17) is 4.42 Å². The Morgan fingerprint density at radius 3 is 2.78 bits per heavy atom. The number of aromatic hydroxyl groups is 1. The van der Waals surface area contributed by atoms with Crippen molar-refractivity contribution in [3.05, 3.63) is 75.1 Å². The molecule has 1 aliphatic rings. The second-order valence-electron chi connectivity index (χ2n) is 5.95. The molecule has 0 atom stereocenters. The van der Waals surface area contributed by atoms with Gasteiger partial charge in [-0.1, -0.05) is 24.3 Å². The van der Waals surface area contributed by atoms with Crippen molar-refractivity contribution in [2.75, 3.05) is 0 Å². The van der Waals surface area contributed by atoms with E-state index in [0.717, 1.165) is 17.6 Å². The van der Waals surface area contributed by atoms with Crippen molar-refractivity contribution < 1.29 is 9.52 Å². The molecule has 1 aromatic heterocycles. The minimum Gasteiger partial charge on any atom is -0.508 e. The topological polar surface area (TPSA) is 50.4 Å². The van der Waals surface area contributed by atoms with Gasteiger partial charge in [-0.3, -0.25) is 4.79 Å². The summed E-state index contributed by atoms with van der Waals surface area (Å²) in [6, 6.07) is 12.8. The minimum absolute atomic E-state index is 0.0367. The quantitative estimate of drug-likeness (QED) is 0.729. The van der Waals surface area contributed by atoms with Gasteiger partial charge >= 0.3 is 0 Å². The van der Waals surface area contributed by atoms with Crippen molar-refractivity contribution >= 4 is 22.6 Å². The molecule has 2 aromatic carbocycles. The van der Waals surface area contributed by atoms with Crippen molar-refractivity contribution in [3.63, 3.8) is 0 Å². The molecular weight excluding hydrogens is 288 g/mol. The molecule has 0 bridgehead atoms. The van der Waals surface area contributed by atoms with E-state index in [1.807, 2.05) is 12.1 Å². The Morgan fingerprint density at radius 2 is 1.96 bits per heavy atom. The molecule has 4 rings (SSSR count). The Kier molecular flexibility index (Phi) is 3.08. The number of hydrogen-bond acceptors (Lipinski definition) is 3. The highest BCUT2D eigenvalue weighted by Crippen LogP contribution is 2.34. The molecule has 0 aliphatic heterocycles. The normalized spacial score (nSPS) is 15.3. The van der Waals surface area contributed by atoms with Crippen LogP contribution in [0.15, 0.2) is 51.7 Å². The molecule has 0 saturated carbocycles. The average Bonchev–Trinajstić information content (AvgIpc) is 2.94. The Balaban J connectivity index is 1.93. The van der Waals surface area contributed by atoms with E-state index in [0.29, 0.717) is 28.7 Å². The number of aryl methyl sites for hydroxylation is 1. The first-order valence-electron chi connectivity index (χ1n) is 7.69. The van der Waals surface area contributed by atoms with Gasteiger partial charge in [0.05, 0.1) is 5.39 Å². The summed E-state index contributed by atoms with van der Waals surface area (Å²) in [5, 5.41) is 10.0. The SMILES string of the molecule is Cc1ccccc1/C=C1\CCc2c1oc1ccc(O)cc1c2=O. The van der Waals surface area contributed by atoms with Crippen molar-refractivity contribution in [2.24, 2.45) is 0 Å². The molecule has 0 saturated heterocycles. The molecule has 1 aliphatic carbocycles. The molecular formula is C20H16O3. The van der Waals surface area contributed by atoms with Crippen LogP contribution in [0.2, 0.25) is 0 Å². The van der Waals surface area contributed by atoms with Crippen LogP contribution >= 0.6 is 0 Å². The predicted octanol–water partition coefficient (Wildman–Crippen LogP) is 4.29. The first-order valence-corrected chi connectivity index (χ1v) is 7.69. The Labute approximate surface area is 133 Å². The molecule has 0 amide bonds. The van der Waals surface area contributed by atoms with E-state index >= 15 is 0 Å². The zero-order valence-electron chi connectivity index (χ0n) is 12.8. The third-order valence-corrected chi connectivity index (χ3v) is 4.42. The molecule has 0 spiro atoms. The monoisotopic (exact) mass is 304 g/mol. The highest BCUT2D eigenvalue weighted by Gasteiger charge is 2.24. The zero-order chi connectivity index (χ0) is 16.0. The molecule has 1 N–H and O–H groups in total. The van der Waals surface area contributed by atoms with Crippen LogP contribution in [0.4, 0.5) is 0 Å². The lowest BCUT2D eigenvalue weighted by atomic mass is 10.0. The van der Waals surface area contributed by atoms with Gasteiger partial charge in [0.1, 0.15) is 17.1 Å². The largest absolute Gasteiger partial charge is 0.508 e. The lowest BCUT2D eigenvalue weighted by Crippen LogP contribution is -2.08. The minimum atomic E-state index is -0.0367. The summed E-state index contributed by atoms with van der Waals surface area (Å²) in [6.45, 7) is 2.07. The van der Waals surface area contributed by atoms with Crippen molar-refractivity contribution in [2.45, 2.75) is 19.8 Å². The number of phenolic OH excluding ortho intramolecular Hbond substituents is 1. The fraction of sp³-hybridized carbons (Fsp3) is 0.150. The Hall–Kier alpha value is -2.81. The summed E-state index contributed by atoms with van der Waals surface area (Å²) >= 11 is 0. The molecule has 114 valence electrons. The number of phenols is 1. The second kappa shape index (κ2) is 5.13. The first-order chi connectivity index (χ1) is 11.1. The van der Waals surface area contributed by atoms with Crippen LogP contribution in [-0.2, 0) is 6.42 Å². The summed E-state index contributed by atoms with van der Waals surface area (Å²) in [4.78, 5) is 12.6. The molecule has 3 heteroatoms. The third-order valence-electron chi connectivity index (χ3n) is 4.42. The maximum atomic E-state index is 12.6. The van der Waals surface area contributed by atoms with Crippen LogP contribution in [0.25, 0.3) is 22.6 Å². The zero-order valence-corrected chi connectivity index (χ0v) is 12.8. The molecule has 3 aromatic rings. The van der Waals surface area contributed by atoms with E-state index in [1.54, 1.807) is 6.07 Å². The van der Waals surface area contributed by atoms with Gasteiger partial charge < -0.3 is 9.52 Å². The number of allylic oxidation sites excluding steroid dienone is 1. The summed E-state index contributed by atoms with van der Waals surface area (Å²) in [6.07, 6.45) is 3.59. The van der Waals surface area contributed by atoms with Gasteiger partial charge in [-0.05, 0) is 60.7 Å². The fourth-order valence-electron chi connectivity index (χ4n) is 3.16. The van der Waals surface area contributed by atoms with Crippen LogP contribution in [0.1, 0.15) is 28.9 Å². The fourth-order valence-corrected chi connectivity index (χ4v) is 3.16. The van der Waals surface area contributed by atoms with Crippen LogP contribution in [0.5, 0.6) is 5.75 Å². The summed E-state index contributed by atoms with van der Waals surface area (Å²) in [5.74, 6) is 0.773. The van der Waals surface area contributed by atoms with E-state index < -0.39 is 0 Å². The lowest BCUT2D eigenvalue weighted by Gasteiger charge is -2.05. The van der Waals surface area contributed by atoms with Gasteiger partial charge in [-0.25, -0.2) is 0 Å². The van der Waals surface area contributed by atoms with Gasteiger partial charge in [-0.15, -0.1) is 0 Å². The van der Waals surface area contributed by atoms with Crippen molar-refractivity contribution in [1.29, 1.82) is 0 Å². The average molecular weight is 304 g/mol. The molecule has 3 nitrogen and oxygen atoms in total. The standard InChI is InChI=1S/C20H16O3/c1-12-4-2-3-5-13(12)10-14-6-8-16-19(22)17-11-15(21)7-9-18(17)23-20(14)16/h2-5,7,9-11,21H,6,8H2,1H3/b14-10+. The molecule has 23 heavy (non-hydrogen) atoms. The van der Waals surface area contributed by atoms with Gasteiger partial charge in [-0.2, -0.15) is 0 Å². The lowest BCUT2D eigenvalue weighted by molar-refractivity contribution is 0.475.